The second-order valence-corrected chi connectivity index (χ2v) is 3.95. The van der Waals surface area contributed by atoms with Crippen molar-refractivity contribution in [3.8, 4) is 11.4 Å². The van der Waals surface area contributed by atoms with Gasteiger partial charge in [-0.1, -0.05) is 0 Å². The molecule has 0 aromatic carbocycles. The van der Waals surface area contributed by atoms with Crippen LogP contribution >= 0.6 is 0 Å². The van der Waals surface area contributed by atoms with E-state index in [1.807, 2.05) is 0 Å². The van der Waals surface area contributed by atoms with E-state index in [-0.39, 0.29) is 17.3 Å². The number of hydrogen-bond acceptors (Lipinski definition) is 5. The number of anilines is 1. The molecule has 0 bridgehead atoms. The molecule has 0 radical (unpaired) electrons. The molecule has 9 heteroatoms. The largest absolute Gasteiger partial charge is 0.433 e. The quantitative estimate of drug-likeness (QED) is 0.734. The third-order valence-corrected chi connectivity index (χ3v) is 2.66. The molecule has 20 heavy (non-hydrogen) atoms. The summed E-state index contributed by atoms with van der Waals surface area (Å²) in [7, 11) is 0. The van der Waals surface area contributed by atoms with Gasteiger partial charge in [0, 0.05) is 24.0 Å². The zero-order valence-electron chi connectivity index (χ0n) is 9.83. The summed E-state index contributed by atoms with van der Waals surface area (Å²) in [5, 5.41) is 7.69. The van der Waals surface area contributed by atoms with Gasteiger partial charge in [-0.2, -0.15) is 13.2 Å². The molecule has 0 aliphatic rings. The molecule has 3 rings (SSSR count). The molecule has 102 valence electrons. The highest BCUT2D eigenvalue weighted by Crippen LogP contribution is 2.30. The lowest BCUT2D eigenvalue weighted by Crippen LogP contribution is -2.08. The maximum Gasteiger partial charge on any atom is 0.433 e. The van der Waals surface area contributed by atoms with Crippen LogP contribution < -0.4 is 5.73 Å². The topological polar surface area (TPSA) is 82.0 Å². The summed E-state index contributed by atoms with van der Waals surface area (Å²) in [6.45, 7) is 0. The van der Waals surface area contributed by atoms with Crippen LogP contribution in [0.15, 0.2) is 30.6 Å². The van der Waals surface area contributed by atoms with Crippen molar-refractivity contribution in [3.05, 3.63) is 36.3 Å². The molecule has 3 aromatic heterocycles. The van der Waals surface area contributed by atoms with Gasteiger partial charge in [-0.3, -0.25) is 4.98 Å². The Balaban J connectivity index is 2.22. The van der Waals surface area contributed by atoms with Gasteiger partial charge in [-0.05, 0) is 12.1 Å². The number of halogens is 3. The van der Waals surface area contributed by atoms with Crippen molar-refractivity contribution in [1.29, 1.82) is 0 Å². The van der Waals surface area contributed by atoms with Crippen LogP contribution in [0.3, 0.4) is 0 Å². The standard InChI is InChI=1S/C11H7F3N6/c12-11(13,14)7-5-6(1-3-16-7)9-19-18-8-2-4-17-10(15)20(8)9/h1-5H,(H2,15,17). The van der Waals surface area contributed by atoms with E-state index in [1.54, 1.807) is 6.07 Å². The van der Waals surface area contributed by atoms with Crippen molar-refractivity contribution < 1.29 is 13.2 Å². The molecule has 3 heterocycles. The monoisotopic (exact) mass is 280 g/mol. The number of fused-ring (bicyclic) bond motifs is 1. The minimum Gasteiger partial charge on any atom is -0.369 e. The van der Waals surface area contributed by atoms with Gasteiger partial charge in [0.05, 0.1) is 0 Å². The summed E-state index contributed by atoms with van der Waals surface area (Å²) < 4.78 is 39.4. The average molecular weight is 280 g/mol. The second-order valence-electron chi connectivity index (χ2n) is 3.95. The summed E-state index contributed by atoms with van der Waals surface area (Å²) in [5.41, 5.74) is 5.30. The Morgan fingerprint density at radius 1 is 1.05 bits per heavy atom. The molecular weight excluding hydrogens is 273 g/mol. The Morgan fingerprint density at radius 3 is 2.55 bits per heavy atom. The van der Waals surface area contributed by atoms with E-state index in [0.29, 0.717) is 5.65 Å². The number of aromatic nitrogens is 5. The molecule has 0 fully saturated rings. The zero-order chi connectivity index (χ0) is 14.3. The predicted octanol–water partition coefficient (Wildman–Crippen LogP) is 1.79. The highest BCUT2D eigenvalue weighted by Gasteiger charge is 2.32. The molecule has 0 aliphatic heterocycles. The number of pyridine rings is 1. The van der Waals surface area contributed by atoms with Gasteiger partial charge in [-0.15, -0.1) is 10.2 Å². The predicted molar refractivity (Wildman–Crippen MR) is 63.4 cm³/mol. The lowest BCUT2D eigenvalue weighted by atomic mass is 10.2. The fourth-order valence-electron chi connectivity index (χ4n) is 1.78. The Hall–Kier alpha value is -2.71. The first-order valence-corrected chi connectivity index (χ1v) is 5.46. The van der Waals surface area contributed by atoms with Gasteiger partial charge >= 0.3 is 6.18 Å². The van der Waals surface area contributed by atoms with E-state index in [2.05, 4.69) is 20.2 Å². The zero-order valence-corrected chi connectivity index (χ0v) is 9.83. The molecule has 6 nitrogen and oxygen atoms in total. The number of nitrogens with zero attached hydrogens (tertiary/aromatic N) is 5. The number of nitrogens with two attached hydrogens (primary N) is 1. The van der Waals surface area contributed by atoms with Crippen LogP contribution in [0.5, 0.6) is 0 Å². The minimum atomic E-state index is -4.53. The highest BCUT2D eigenvalue weighted by molar-refractivity contribution is 5.61. The van der Waals surface area contributed by atoms with Gasteiger partial charge in [0.2, 0.25) is 5.95 Å². The lowest BCUT2D eigenvalue weighted by molar-refractivity contribution is -0.141. The van der Waals surface area contributed by atoms with E-state index in [0.717, 1.165) is 12.3 Å². The van der Waals surface area contributed by atoms with Gasteiger partial charge in [-0.25, -0.2) is 9.38 Å². The summed E-state index contributed by atoms with van der Waals surface area (Å²) in [5.74, 6) is 0.270. The Labute approximate surface area is 110 Å². The number of nitrogen functional groups attached to an aromatic ring is 1. The van der Waals surface area contributed by atoms with Crippen LogP contribution in [0, 0.1) is 0 Å². The van der Waals surface area contributed by atoms with Crippen LogP contribution in [0.25, 0.3) is 17.0 Å². The van der Waals surface area contributed by atoms with Crippen molar-refractivity contribution in [2.45, 2.75) is 6.18 Å². The van der Waals surface area contributed by atoms with Crippen LogP contribution in [-0.4, -0.2) is 24.6 Å². The molecule has 0 aliphatic carbocycles. The van der Waals surface area contributed by atoms with E-state index >= 15 is 0 Å². The number of hydrogen-bond donors (Lipinski definition) is 1. The average Bonchev–Trinajstić information content (AvgIpc) is 2.83. The Bertz CT molecular complexity index is 779. The van der Waals surface area contributed by atoms with Crippen LogP contribution in [-0.2, 0) is 6.18 Å². The van der Waals surface area contributed by atoms with E-state index in [1.165, 1.54) is 16.7 Å². The maximum atomic E-state index is 12.7. The van der Waals surface area contributed by atoms with Gasteiger partial charge in [0.15, 0.2) is 11.5 Å². The van der Waals surface area contributed by atoms with E-state index in [4.69, 9.17) is 5.73 Å². The molecule has 0 saturated carbocycles. The number of alkyl halides is 3. The molecule has 0 saturated heterocycles. The normalized spacial score (nSPS) is 11.9. The summed E-state index contributed by atoms with van der Waals surface area (Å²) in [6, 6.07) is 3.85. The molecule has 2 N–H and O–H groups in total. The third-order valence-electron chi connectivity index (χ3n) is 2.66. The Kier molecular flexibility index (Phi) is 2.56. The molecule has 0 amide bonds. The molecule has 0 spiro atoms. The van der Waals surface area contributed by atoms with Crippen molar-refractivity contribution in [2.24, 2.45) is 0 Å². The van der Waals surface area contributed by atoms with Crippen molar-refractivity contribution in [3.63, 3.8) is 0 Å². The van der Waals surface area contributed by atoms with Crippen LogP contribution in [0.2, 0.25) is 0 Å². The third kappa shape index (κ3) is 1.92. The summed E-state index contributed by atoms with van der Waals surface area (Å²) in [4.78, 5) is 7.15. The van der Waals surface area contributed by atoms with Gasteiger partial charge in [0.1, 0.15) is 5.69 Å². The fraction of sp³-hybridized carbons (Fsp3) is 0.0909. The van der Waals surface area contributed by atoms with Crippen LogP contribution in [0.1, 0.15) is 5.69 Å². The highest BCUT2D eigenvalue weighted by atomic mass is 19.4. The first kappa shape index (κ1) is 12.3. The number of rotatable bonds is 1. The van der Waals surface area contributed by atoms with Crippen molar-refractivity contribution in [2.75, 3.05) is 5.73 Å². The smallest absolute Gasteiger partial charge is 0.369 e. The lowest BCUT2D eigenvalue weighted by Gasteiger charge is -2.07. The minimum absolute atomic E-state index is 0.0906. The SMILES string of the molecule is Nc1nccc2nnc(-c3ccnc(C(F)(F)F)c3)n12. The van der Waals surface area contributed by atoms with Gasteiger partial charge < -0.3 is 5.73 Å². The van der Waals surface area contributed by atoms with E-state index < -0.39 is 11.9 Å². The molecule has 0 unspecified atom stereocenters. The van der Waals surface area contributed by atoms with Gasteiger partial charge in [0.25, 0.3) is 0 Å². The van der Waals surface area contributed by atoms with E-state index in [9.17, 15) is 13.2 Å². The first-order chi connectivity index (χ1) is 9.47. The first-order valence-electron chi connectivity index (χ1n) is 5.46. The molecule has 3 aromatic rings. The maximum absolute atomic E-state index is 12.7. The second kappa shape index (κ2) is 4.15. The van der Waals surface area contributed by atoms with Crippen molar-refractivity contribution >= 4 is 11.6 Å². The van der Waals surface area contributed by atoms with Crippen LogP contribution in [0.4, 0.5) is 19.1 Å². The molecular formula is C11H7F3N6. The summed E-state index contributed by atoms with van der Waals surface area (Å²) in [6.07, 6.45) is -2.02. The molecule has 0 atom stereocenters. The van der Waals surface area contributed by atoms with Crippen molar-refractivity contribution in [1.82, 2.24) is 24.6 Å². The summed E-state index contributed by atoms with van der Waals surface area (Å²) >= 11 is 0. The Morgan fingerprint density at radius 2 is 1.80 bits per heavy atom. The fourth-order valence-corrected chi connectivity index (χ4v) is 1.78.